The number of rotatable bonds is 4. The zero-order chi connectivity index (χ0) is 20.5. The molecule has 0 saturated heterocycles. The van der Waals surface area contributed by atoms with Gasteiger partial charge in [-0.1, -0.05) is 43.6 Å². The van der Waals surface area contributed by atoms with Crippen molar-refractivity contribution in [1.29, 1.82) is 0 Å². The molecular weight excluding hydrogens is 390 g/mol. The fourth-order valence-corrected chi connectivity index (χ4v) is 3.27. The van der Waals surface area contributed by atoms with Crippen LogP contribution in [0.5, 0.6) is 0 Å². The Kier molecular flexibility index (Phi) is 5.03. The van der Waals surface area contributed by atoms with Crippen LogP contribution in [0.3, 0.4) is 0 Å². The van der Waals surface area contributed by atoms with Gasteiger partial charge in [-0.15, -0.1) is 0 Å². The van der Waals surface area contributed by atoms with Gasteiger partial charge in [0, 0.05) is 16.1 Å². The van der Waals surface area contributed by atoms with Crippen LogP contribution in [-0.2, 0) is 11.3 Å². The highest BCUT2D eigenvalue weighted by atomic mass is 35.5. The van der Waals surface area contributed by atoms with Gasteiger partial charge in [-0.2, -0.15) is 0 Å². The molecule has 7 heteroatoms. The van der Waals surface area contributed by atoms with Crippen LogP contribution in [0.25, 0.3) is 21.8 Å². The largest absolute Gasteiger partial charge is 0.454 e. The van der Waals surface area contributed by atoms with Gasteiger partial charge in [0.25, 0.3) is 5.56 Å². The Morgan fingerprint density at radius 1 is 1.07 bits per heavy atom. The summed E-state index contributed by atoms with van der Waals surface area (Å²) in [4.78, 5) is 36.6. The highest BCUT2D eigenvalue weighted by Gasteiger charge is 2.16. The number of hydrogen-bond donors (Lipinski definition) is 1. The van der Waals surface area contributed by atoms with Gasteiger partial charge < -0.3 is 9.72 Å². The molecule has 0 spiro atoms. The molecule has 2 aromatic carbocycles. The van der Waals surface area contributed by atoms with E-state index in [1.807, 2.05) is 38.1 Å². The number of carbonyl (C=O) groups is 1. The minimum Gasteiger partial charge on any atom is -0.454 e. The highest BCUT2D eigenvalue weighted by molar-refractivity contribution is 6.31. The van der Waals surface area contributed by atoms with E-state index in [0.717, 1.165) is 11.2 Å². The van der Waals surface area contributed by atoms with Crippen molar-refractivity contribution in [2.45, 2.75) is 26.4 Å². The van der Waals surface area contributed by atoms with Crippen LogP contribution in [0.1, 0.15) is 41.6 Å². The Balaban J connectivity index is 1.65. The third-order valence-electron chi connectivity index (χ3n) is 4.61. The summed E-state index contributed by atoms with van der Waals surface area (Å²) in [5, 5.41) is 1.61. The molecule has 4 rings (SSSR count). The second kappa shape index (κ2) is 7.64. The maximum Gasteiger partial charge on any atom is 0.339 e. The molecule has 2 aromatic heterocycles. The van der Waals surface area contributed by atoms with Gasteiger partial charge in [-0.3, -0.25) is 9.78 Å². The highest BCUT2D eigenvalue weighted by Crippen LogP contribution is 2.23. The number of halogens is 1. The van der Waals surface area contributed by atoms with E-state index >= 15 is 0 Å². The number of H-pyrrole nitrogens is 1. The fraction of sp³-hybridized carbons (Fsp3) is 0.182. The molecule has 0 aliphatic carbocycles. The number of carbonyl (C=O) groups excluding carboxylic acids is 1. The normalized spacial score (nSPS) is 11.3. The summed E-state index contributed by atoms with van der Waals surface area (Å²) in [5.41, 5.74) is 2.11. The quantitative estimate of drug-likeness (QED) is 0.499. The number of pyridine rings is 1. The number of ether oxygens (including phenoxy) is 1. The van der Waals surface area contributed by atoms with Crippen molar-refractivity contribution < 1.29 is 9.53 Å². The molecule has 0 radical (unpaired) electrons. The zero-order valence-corrected chi connectivity index (χ0v) is 16.7. The molecule has 1 N–H and O–H groups in total. The first-order chi connectivity index (χ1) is 13.9. The van der Waals surface area contributed by atoms with E-state index in [0.29, 0.717) is 26.9 Å². The summed E-state index contributed by atoms with van der Waals surface area (Å²) in [6.45, 7) is 3.87. The molecule has 29 heavy (non-hydrogen) atoms. The van der Waals surface area contributed by atoms with Crippen molar-refractivity contribution in [3.8, 4) is 0 Å². The van der Waals surface area contributed by atoms with Crippen LogP contribution in [0.4, 0.5) is 0 Å². The lowest BCUT2D eigenvalue weighted by Gasteiger charge is -2.11. The molecule has 0 bridgehead atoms. The Labute approximate surface area is 171 Å². The van der Waals surface area contributed by atoms with Crippen LogP contribution < -0.4 is 5.56 Å². The summed E-state index contributed by atoms with van der Waals surface area (Å²) in [7, 11) is 0. The maximum atomic E-state index is 12.8. The van der Waals surface area contributed by atoms with Crippen molar-refractivity contribution in [1.82, 2.24) is 15.0 Å². The number of esters is 1. The second-order valence-corrected chi connectivity index (χ2v) is 7.45. The SMILES string of the molecule is CC(C)c1cc(C(=O)OCc2nc3cc(Cl)ccc3c(=O)[nH]2)c2ccccc2n1. The van der Waals surface area contributed by atoms with E-state index in [4.69, 9.17) is 16.3 Å². The Hall–Kier alpha value is -3.25. The van der Waals surface area contributed by atoms with E-state index in [9.17, 15) is 9.59 Å². The predicted molar refractivity (Wildman–Crippen MR) is 112 cm³/mol. The number of hydrogen-bond acceptors (Lipinski definition) is 5. The fourth-order valence-electron chi connectivity index (χ4n) is 3.10. The first-order valence-electron chi connectivity index (χ1n) is 9.17. The van der Waals surface area contributed by atoms with Crippen LogP contribution in [-0.4, -0.2) is 20.9 Å². The van der Waals surface area contributed by atoms with Crippen molar-refractivity contribution in [3.63, 3.8) is 0 Å². The van der Waals surface area contributed by atoms with E-state index in [-0.39, 0.29) is 23.9 Å². The van der Waals surface area contributed by atoms with Gasteiger partial charge in [0.1, 0.15) is 12.4 Å². The van der Waals surface area contributed by atoms with Gasteiger partial charge in [0.15, 0.2) is 0 Å². The monoisotopic (exact) mass is 407 g/mol. The molecule has 0 saturated carbocycles. The molecule has 0 amide bonds. The van der Waals surface area contributed by atoms with Gasteiger partial charge in [-0.05, 0) is 36.2 Å². The summed E-state index contributed by atoms with van der Waals surface area (Å²) < 4.78 is 5.46. The lowest BCUT2D eigenvalue weighted by atomic mass is 10.0. The number of nitrogens with one attached hydrogen (secondary N) is 1. The molecule has 2 heterocycles. The van der Waals surface area contributed by atoms with Crippen molar-refractivity contribution >= 4 is 39.4 Å². The van der Waals surface area contributed by atoms with Gasteiger partial charge in [0.05, 0.1) is 22.0 Å². The molecule has 146 valence electrons. The first-order valence-corrected chi connectivity index (χ1v) is 9.55. The van der Waals surface area contributed by atoms with Gasteiger partial charge in [-0.25, -0.2) is 9.78 Å². The average Bonchev–Trinajstić information content (AvgIpc) is 2.70. The third-order valence-corrected chi connectivity index (χ3v) is 4.84. The minimum atomic E-state index is -0.501. The molecule has 6 nitrogen and oxygen atoms in total. The van der Waals surface area contributed by atoms with Crippen LogP contribution >= 0.6 is 11.6 Å². The number of aromatic amines is 1. The van der Waals surface area contributed by atoms with E-state index in [1.165, 1.54) is 0 Å². The van der Waals surface area contributed by atoms with E-state index in [1.54, 1.807) is 24.3 Å². The predicted octanol–water partition coefficient (Wildman–Crippen LogP) is 4.61. The molecule has 0 atom stereocenters. The topological polar surface area (TPSA) is 84.9 Å². The van der Waals surface area contributed by atoms with Crippen LogP contribution in [0.15, 0.2) is 53.3 Å². The Morgan fingerprint density at radius 3 is 2.66 bits per heavy atom. The lowest BCUT2D eigenvalue weighted by Crippen LogP contribution is -2.15. The van der Waals surface area contributed by atoms with Crippen molar-refractivity contribution in [2.75, 3.05) is 0 Å². The summed E-state index contributed by atoms with van der Waals surface area (Å²) in [6, 6.07) is 14.0. The number of benzene rings is 2. The molecule has 0 fully saturated rings. The summed E-state index contributed by atoms with van der Waals surface area (Å²) in [5.74, 6) is -0.0886. The molecular formula is C22H18ClN3O3. The van der Waals surface area contributed by atoms with Gasteiger partial charge >= 0.3 is 5.97 Å². The van der Waals surface area contributed by atoms with E-state index in [2.05, 4.69) is 15.0 Å². The number of aromatic nitrogens is 3. The molecule has 0 aliphatic heterocycles. The lowest BCUT2D eigenvalue weighted by molar-refractivity contribution is 0.0464. The third kappa shape index (κ3) is 3.84. The van der Waals surface area contributed by atoms with Crippen LogP contribution in [0, 0.1) is 0 Å². The zero-order valence-electron chi connectivity index (χ0n) is 15.9. The number of fused-ring (bicyclic) bond motifs is 2. The van der Waals surface area contributed by atoms with E-state index < -0.39 is 5.97 Å². The maximum absolute atomic E-state index is 12.8. The number of nitrogens with zero attached hydrogens (tertiary/aromatic N) is 2. The smallest absolute Gasteiger partial charge is 0.339 e. The van der Waals surface area contributed by atoms with Crippen molar-refractivity contribution in [3.05, 3.63) is 81.0 Å². The minimum absolute atomic E-state index is 0.161. The summed E-state index contributed by atoms with van der Waals surface area (Å²) in [6.07, 6.45) is 0. The average molecular weight is 408 g/mol. The molecule has 0 unspecified atom stereocenters. The Bertz CT molecular complexity index is 1300. The Morgan fingerprint density at radius 2 is 1.86 bits per heavy atom. The molecule has 4 aromatic rings. The first kappa shape index (κ1) is 19.1. The van der Waals surface area contributed by atoms with Crippen molar-refractivity contribution in [2.24, 2.45) is 0 Å². The van der Waals surface area contributed by atoms with Crippen LogP contribution in [0.2, 0.25) is 5.02 Å². The number of para-hydroxylation sites is 1. The second-order valence-electron chi connectivity index (χ2n) is 7.02. The molecule has 0 aliphatic rings. The standard InChI is InChI=1S/C22H18ClN3O3/c1-12(2)18-10-16(14-5-3-4-6-17(14)24-18)22(28)29-11-20-25-19-9-13(23)7-8-15(19)21(27)26-20/h3-10,12H,11H2,1-2H3,(H,25,26,27). The summed E-state index contributed by atoms with van der Waals surface area (Å²) >= 11 is 5.98. The van der Waals surface area contributed by atoms with Gasteiger partial charge in [0.2, 0.25) is 0 Å².